The van der Waals surface area contributed by atoms with Crippen LogP contribution in [-0.2, 0) is 10.0 Å². The molecule has 1 saturated heterocycles. The van der Waals surface area contributed by atoms with Crippen molar-refractivity contribution in [2.45, 2.75) is 18.9 Å². The molecule has 0 saturated carbocycles. The normalized spacial score (nSPS) is 19.2. The molecule has 1 fully saturated rings. The summed E-state index contributed by atoms with van der Waals surface area (Å²) in [6.07, 6.45) is 6.15. The van der Waals surface area contributed by atoms with Crippen LogP contribution in [0.25, 0.3) is 0 Å². The summed E-state index contributed by atoms with van der Waals surface area (Å²) < 4.78 is 25.2. The lowest BCUT2D eigenvalue weighted by Crippen LogP contribution is -2.30. The average Bonchev–Trinajstić information content (AvgIpc) is 2.98. The van der Waals surface area contributed by atoms with E-state index in [9.17, 15) is 8.42 Å². The predicted molar refractivity (Wildman–Crippen MR) is 83.1 cm³/mol. The molecule has 0 spiro atoms. The van der Waals surface area contributed by atoms with Gasteiger partial charge in [0.2, 0.25) is 16.0 Å². The van der Waals surface area contributed by atoms with Crippen LogP contribution < -0.4 is 5.32 Å². The molecule has 1 N–H and O–H groups in total. The van der Waals surface area contributed by atoms with E-state index in [2.05, 4.69) is 20.3 Å². The van der Waals surface area contributed by atoms with Gasteiger partial charge < -0.3 is 5.32 Å². The van der Waals surface area contributed by atoms with Gasteiger partial charge in [-0.25, -0.2) is 23.4 Å². The number of sulfonamides is 1. The first-order chi connectivity index (χ1) is 10.5. The summed E-state index contributed by atoms with van der Waals surface area (Å²) in [6, 6.07) is 7.04. The molecule has 1 atom stereocenters. The highest BCUT2D eigenvalue weighted by atomic mass is 32.2. The maximum Gasteiger partial charge on any atom is 0.228 e. The second kappa shape index (κ2) is 5.98. The molecular formula is C14H17N5O2S. The van der Waals surface area contributed by atoms with Gasteiger partial charge in [0.05, 0.1) is 18.0 Å². The number of anilines is 2. The minimum Gasteiger partial charge on any atom is -0.309 e. The number of hydrogen-bond donors (Lipinski definition) is 1. The van der Waals surface area contributed by atoms with E-state index in [1.807, 2.05) is 18.2 Å². The molecule has 116 valence electrons. The largest absolute Gasteiger partial charge is 0.309 e. The summed E-state index contributed by atoms with van der Waals surface area (Å²) in [5.74, 6) is 1.06. The van der Waals surface area contributed by atoms with Crippen LogP contribution >= 0.6 is 0 Å². The Balaban J connectivity index is 1.85. The zero-order valence-electron chi connectivity index (χ0n) is 12.2. The number of nitrogens with zero attached hydrogens (tertiary/aromatic N) is 4. The predicted octanol–water partition coefficient (Wildman–Crippen LogP) is 1.71. The Bertz CT molecular complexity index is 751. The Morgan fingerprint density at radius 2 is 2.09 bits per heavy atom. The van der Waals surface area contributed by atoms with Gasteiger partial charge in [0.15, 0.2) is 0 Å². The van der Waals surface area contributed by atoms with Crippen LogP contribution in [-0.4, -0.2) is 40.5 Å². The molecule has 8 heteroatoms. The maximum absolute atomic E-state index is 11.9. The minimum absolute atomic E-state index is 0.220. The molecule has 2 aromatic rings. The van der Waals surface area contributed by atoms with Crippen LogP contribution in [0.1, 0.15) is 24.6 Å². The van der Waals surface area contributed by atoms with E-state index >= 15 is 0 Å². The van der Waals surface area contributed by atoms with Crippen molar-refractivity contribution in [2.75, 3.05) is 18.1 Å². The summed E-state index contributed by atoms with van der Waals surface area (Å²) >= 11 is 0. The Kier molecular flexibility index (Phi) is 4.04. The number of aromatic nitrogens is 3. The molecule has 2 aromatic heterocycles. The maximum atomic E-state index is 11.9. The molecule has 1 aliphatic rings. The van der Waals surface area contributed by atoms with Crippen molar-refractivity contribution < 1.29 is 8.42 Å². The fraction of sp³-hybridized carbons (Fsp3) is 0.357. The molecule has 1 aliphatic heterocycles. The number of hydrogen-bond acceptors (Lipinski definition) is 6. The fourth-order valence-electron chi connectivity index (χ4n) is 2.60. The third-order valence-corrected chi connectivity index (χ3v) is 4.84. The lowest BCUT2D eigenvalue weighted by Gasteiger charge is -2.21. The van der Waals surface area contributed by atoms with Crippen LogP contribution in [0.3, 0.4) is 0 Å². The SMILES string of the molecule is CS(=O)(=O)N1CCC[C@H]1c1ccnc(Nc2ccccn2)n1. The molecule has 0 bridgehead atoms. The fourth-order valence-corrected chi connectivity index (χ4v) is 3.74. The van der Waals surface area contributed by atoms with E-state index in [0.29, 0.717) is 24.0 Å². The van der Waals surface area contributed by atoms with E-state index < -0.39 is 10.0 Å². The third-order valence-electron chi connectivity index (χ3n) is 3.55. The molecule has 0 aliphatic carbocycles. The lowest BCUT2D eigenvalue weighted by atomic mass is 10.1. The van der Waals surface area contributed by atoms with Gasteiger partial charge in [-0.3, -0.25) is 0 Å². The van der Waals surface area contributed by atoms with E-state index in [-0.39, 0.29) is 6.04 Å². The first-order valence-electron chi connectivity index (χ1n) is 7.02. The molecule has 22 heavy (non-hydrogen) atoms. The highest BCUT2D eigenvalue weighted by Gasteiger charge is 2.33. The topological polar surface area (TPSA) is 88.1 Å². The van der Waals surface area contributed by atoms with Crippen molar-refractivity contribution in [1.29, 1.82) is 0 Å². The van der Waals surface area contributed by atoms with Crippen LogP contribution in [0.5, 0.6) is 0 Å². The van der Waals surface area contributed by atoms with E-state index in [0.717, 1.165) is 12.8 Å². The molecule has 3 rings (SSSR count). The molecule has 0 aromatic carbocycles. The van der Waals surface area contributed by atoms with Crippen molar-refractivity contribution in [3.8, 4) is 0 Å². The monoisotopic (exact) mass is 319 g/mol. The molecule has 0 amide bonds. The summed E-state index contributed by atoms with van der Waals surface area (Å²) in [4.78, 5) is 12.8. The summed E-state index contributed by atoms with van der Waals surface area (Å²) in [7, 11) is -3.23. The van der Waals surface area contributed by atoms with Crippen molar-refractivity contribution in [1.82, 2.24) is 19.3 Å². The minimum atomic E-state index is -3.23. The standard InChI is InChI=1S/C14H17N5O2S/c1-22(20,21)19-10-4-5-12(19)11-7-9-16-14(17-11)18-13-6-2-3-8-15-13/h2-3,6-9,12H,4-5,10H2,1H3,(H,15,16,17,18)/t12-/m0/s1. The van der Waals surface area contributed by atoms with Gasteiger partial charge >= 0.3 is 0 Å². The van der Waals surface area contributed by atoms with E-state index in [1.54, 1.807) is 18.5 Å². The highest BCUT2D eigenvalue weighted by molar-refractivity contribution is 7.88. The highest BCUT2D eigenvalue weighted by Crippen LogP contribution is 2.32. The van der Waals surface area contributed by atoms with Gasteiger partial charge in [-0.1, -0.05) is 6.07 Å². The van der Waals surface area contributed by atoms with Crippen molar-refractivity contribution in [3.63, 3.8) is 0 Å². The van der Waals surface area contributed by atoms with Gasteiger partial charge in [-0.15, -0.1) is 0 Å². The zero-order chi connectivity index (χ0) is 15.6. The van der Waals surface area contributed by atoms with Gasteiger partial charge in [0.1, 0.15) is 5.82 Å². The summed E-state index contributed by atoms with van der Waals surface area (Å²) in [6.45, 7) is 0.538. The molecule has 0 unspecified atom stereocenters. The Morgan fingerprint density at radius 1 is 1.23 bits per heavy atom. The lowest BCUT2D eigenvalue weighted by molar-refractivity contribution is 0.394. The Labute approximate surface area is 129 Å². The Hall–Kier alpha value is -2.06. The van der Waals surface area contributed by atoms with Gasteiger partial charge in [-0.2, -0.15) is 4.31 Å². The van der Waals surface area contributed by atoms with E-state index in [4.69, 9.17) is 0 Å². The molecule has 0 radical (unpaired) electrons. The zero-order valence-corrected chi connectivity index (χ0v) is 13.0. The van der Waals surface area contributed by atoms with Crippen LogP contribution in [0.4, 0.5) is 11.8 Å². The smallest absolute Gasteiger partial charge is 0.228 e. The number of nitrogens with one attached hydrogen (secondary N) is 1. The van der Waals surface area contributed by atoms with E-state index in [1.165, 1.54) is 10.6 Å². The van der Waals surface area contributed by atoms with Crippen LogP contribution in [0.2, 0.25) is 0 Å². The van der Waals surface area contributed by atoms with Gasteiger partial charge in [0, 0.05) is 18.9 Å². The first-order valence-corrected chi connectivity index (χ1v) is 8.87. The van der Waals surface area contributed by atoms with Gasteiger partial charge in [0.25, 0.3) is 0 Å². The third kappa shape index (κ3) is 3.23. The summed E-state index contributed by atoms with van der Waals surface area (Å²) in [5, 5.41) is 3.02. The van der Waals surface area contributed by atoms with Gasteiger partial charge in [-0.05, 0) is 31.0 Å². The average molecular weight is 319 g/mol. The van der Waals surface area contributed by atoms with Crippen molar-refractivity contribution in [2.24, 2.45) is 0 Å². The van der Waals surface area contributed by atoms with Crippen LogP contribution in [0.15, 0.2) is 36.7 Å². The first kappa shape index (κ1) is 14.9. The number of rotatable bonds is 4. The second-order valence-corrected chi connectivity index (χ2v) is 7.11. The number of pyridine rings is 1. The second-order valence-electron chi connectivity index (χ2n) is 5.18. The molecular weight excluding hydrogens is 302 g/mol. The molecule has 3 heterocycles. The summed E-state index contributed by atoms with van der Waals surface area (Å²) in [5.41, 5.74) is 0.705. The van der Waals surface area contributed by atoms with Crippen molar-refractivity contribution >= 4 is 21.8 Å². The Morgan fingerprint density at radius 3 is 2.82 bits per heavy atom. The quantitative estimate of drug-likeness (QED) is 0.923. The van der Waals surface area contributed by atoms with Crippen LogP contribution in [0, 0.1) is 0 Å². The van der Waals surface area contributed by atoms with Crippen molar-refractivity contribution in [3.05, 3.63) is 42.4 Å². The molecule has 7 nitrogen and oxygen atoms in total.